The number of hydrogen-bond acceptors (Lipinski definition) is 6. The zero-order valence-electron chi connectivity index (χ0n) is 34.8. The average Bonchev–Trinajstić information content (AvgIpc) is 3.72. The van der Waals surface area contributed by atoms with Crippen LogP contribution in [-0.4, -0.2) is 24.5 Å². The normalized spacial score (nSPS) is 11.0. The molecule has 0 saturated carbocycles. The fourth-order valence-electron chi connectivity index (χ4n) is 8.66. The van der Waals surface area contributed by atoms with Crippen molar-refractivity contribution >= 4 is 21.8 Å². The summed E-state index contributed by atoms with van der Waals surface area (Å²) in [6.07, 6.45) is 0. The Morgan fingerprint density at radius 2 is 0.831 bits per heavy atom. The Labute approximate surface area is 375 Å². The topological polar surface area (TPSA) is 104 Å². The molecule has 65 heavy (non-hydrogen) atoms. The van der Waals surface area contributed by atoms with Gasteiger partial charge in [-0.15, -0.1) is 0 Å². The van der Waals surface area contributed by atoms with Crippen LogP contribution < -0.4 is 0 Å². The molecule has 11 aromatic rings. The summed E-state index contributed by atoms with van der Waals surface area (Å²) in [6.45, 7) is 0. The molecule has 11 rings (SSSR count). The molecule has 0 atom stereocenters. The lowest BCUT2D eigenvalue weighted by atomic mass is 9.97. The first kappa shape index (κ1) is 38.6. The van der Waals surface area contributed by atoms with E-state index in [4.69, 9.17) is 19.9 Å². The van der Waals surface area contributed by atoms with Crippen molar-refractivity contribution in [1.29, 1.82) is 10.5 Å². The Kier molecular flexibility index (Phi) is 9.82. The van der Waals surface area contributed by atoms with Crippen molar-refractivity contribution in [3.8, 4) is 96.8 Å². The van der Waals surface area contributed by atoms with Crippen LogP contribution in [0, 0.1) is 22.7 Å². The molecule has 0 spiro atoms. The second-order valence-electron chi connectivity index (χ2n) is 15.7. The first-order valence-corrected chi connectivity index (χ1v) is 21.3. The smallest absolute Gasteiger partial charge is 0.162 e. The van der Waals surface area contributed by atoms with Crippen molar-refractivity contribution in [3.05, 3.63) is 223 Å². The number of rotatable bonds is 8. The maximum absolute atomic E-state index is 10.9. The first-order valence-electron chi connectivity index (χ1n) is 21.3. The van der Waals surface area contributed by atoms with Crippen LogP contribution in [0.4, 0.5) is 0 Å². The van der Waals surface area contributed by atoms with Crippen molar-refractivity contribution in [2.24, 2.45) is 0 Å². The quantitative estimate of drug-likeness (QED) is 0.151. The molecule has 8 aromatic carbocycles. The minimum atomic E-state index is 0.416. The fraction of sp³-hybridized carbons (Fsp3) is 0. The van der Waals surface area contributed by atoms with Gasteiger partial charge in [0.1, 0.15) is 0 Å². The molecule has 7 heteroatoms. The van der Waals surface area contributed by atoms with Gasteiger partial charge in [0.05, 0.1) is 62.8 Å². The van der Waals surface area contributed by atoms with E-state index in [0.29, 0.717) is 39.6 Å². The van der Waals surface area contributed by atoms with Crippen LogP contribution in [0.1, 0.15) is 11.1 Å². The lowest BCUT2D eigenvalue weighted by molar-refractivity contribution is 1.13. The predicted octanol–water partition coefficient (Wildman–Crippen LogP) is 13.8. The molecule has 0 aliphatic carbocycles. The van der Waals surface area contributed by atoms with Crippen molar-refractivity contribution < 1.29 is 0 Å². The lowest BCUT2D eigenvalue weighted by Crippen LogP contribution is -2.06. The van der Waals surface area contributed by atoms with Gasteiger partial charge in [0, 0.05) is 44.2 Å². The van der Waals surface area contributed by atoms with Crippen LogP contribution in [0.5, 0.6) is 0 Å². The SMILES string of the molecule is N#Cc1cc(-c2cc(-c3ccccc3)nc(-c3ccccc3)n2)c(-n2c3ccccc3c3ccc(-c4ccccc4C#N)cc32)c(-c2nc(-c3ccccc3)cc(-c3ccccc3)n2)c1. The number of para-hydroxylation sites is 1. The summed E-state index contributed by atoms with van der Waals surface area (Å²) >= 11 is 0. The van der Waals surface area contributed by atoms with Crippen molar-refractivity contribution in [3.63, 3.8) is 0 Å². The minimum Gasteiger partial charge on any atom is -0.308 e. The molecular weight excluding hydrogens is 795 g/mol. The first-order chi connectivity index (χ1) is 32.1. The van der Waals surface area contributed by atoms with Crippen LogP contribution in [0.15, 0.2) is 212 Å². The molecule has 3 heterocycles. The largest absolute Gasteiger partial charge is 0.308 e. The van der Waals surface area contributed by atoms with E-state index in [1.807, 2.05) is 182 Å². The molecule has 0 N–H and O–H groups in total. The van der Waals surface area contributed by atoms with E-state index in [2.05, 4.69) is 47.0 Å². The van der Waals surface area contributed by atoms with Gasteiger partial charge in [-0.1, -0.05) is 170 Å². The van der Waals surface area contributed by atoms with Gasteiger partial charge in [0.15, 0.2) is 11.6 Å². The molecule has 0 saturated heterocycles. The number of nitrogens with zero attached hydrogens (tertiary/aromatic N) is 7. The Morgan fingerprint density at radius 3 is 1.45 bits per heavy atom. The van der Waals surface area contributed by atoms with Gasteiger partial charge in [0.2, 0.25) is 0 Å². The second kappa shape index (κ2) is 16.5. The third-order valence-corrected chi connectivity index (χ3v) is 11.7. The van der Waals surface area contributed by atoms with Gasteiger partial charge >= 0.3 is 0 Å². The number of aromatic nitrogens is 5. The van der Waals surface area contributed by atoms with E-state index in [1.54, 1.807) is 0 Å². The van der Waals surface area contributed by atoms with E-state index in [0.717, 1.165) is 78.0 Å². The van der Waals surface area contributed by atoms with E-state index in [9.17, 15) is 10.5 Å². The third kappa shape index (κ3) is 7.16. The van der Waals surface area contributed by atoms with Crippen LogP contribution >= 0.6 is 0 Å². The monoisotopic (exact) mass is 829 g/mol. The number of nitriles is 2. The molecular formula is C58H35N7. The van der Waals surface area contributed by atoms with Gasteiger partial charge in [0.25, 0.3) is 0 Å². The highest BCUT2D eigenvalue weighted by atomic mass is 15.0. The third-order valence-electron chi connectivity index (χ3n) is 11.7. The highest BCUT2D eigenvalue weighted by Crippen LogP contribution is 2.44. The molecule has 7 nitrogen and oxygen atoms in total. The summed E-state index contributed by atoms with van der Waals surface area (Å²) in [5, 5.41) is 23.2. The van der Waals surface area contributed by atoms with E-state index in [1.165, 1.54) is 0 Å². The average molecular weight is 830 g/mol. The molecule has 0 aliphatic heterocycles. The Hall–Kier alpha value is -9.30. The maximum atomic E-state index is 10.9. The molecule has 0 radical (unpaired) electrons. The fourth-order valence-corrected chi connectivity index (χ4v) is 8.66. The molecule has 302 valence electrons. The van der Waals surface area contributed by atoms with Crippen LogP contribution in [0.2, 0.25) is 0 Å². The standard InChI is InChI=1S/C58H35N7/c59-36-38-31-48(53-35-52(41-21-9-3-10-22-41)61-57(64-53)42-23-11-4-12-24-42)56(49(32-38)58-62-50(39-17-5-1-6-18-39)34-51(63-58)40-19-7-2-8-20-40)65-54-28-16-15-27-46(54)47-30-29-43(33-55(47)65)45-26-14-13-25-44(45)37-60/h1-35H. The molecule has 0 bridgehead atoms. The summed E-state index contributed by atoms with van der Waals surface area (Å²) in [7, 11) is 0. The number of hydrogen-bond donors (Lipinski definition) is 0. The Bertz CT molecular complexity index is 3400. The van der Waals surface area contributed by atoms with Gasteiger partial charge in [-0.2, -0.15) is 10.5 Å². The zero-order chi connectivity index (χ0) is 43.7. The minimum absolute atomic E-state index is 0.416. The number of benzene rings is 8. The van der Waals surface area contributed by atoms with Crippen molar-refractivity contribution in [2.75, 3.05) is 0 Å². The lowest BCUT2D eigenvalue weighted by Gasteiger charge is -2.20. The summed E-state index contributed by atoms with van der Waals surface area (Å²) in [5.74, 6) is 0.985. The Balaban J connectivity index is 1.30. The Morgan fingerprint density at radius 1 is 0.338 bits per heavy atom. The zero-order valence-corrected chi connectivity index (χ0v) is 34.8. The summed E-state index contributed by atoms with van der Waals surface area (Å²) in [6, 6.07) is 75.3. The van der Waals surface area contributed by atoms with Crippen molar-refractivity contribution in [2.45, 2.75) is 0 Å². The molecule has 0 aliphatic rings. The molecule has 0 amide bonds. The van der Waals surface area contributed by atoms with Gasteiger partial charge < -0.3 is 4.57 Å². The maximum Gasteiger partial charge on any atom is 0.162 e. The van der Waals surface area contributed by atoms with E-state index in [-0.39, 0.29) is 0 Å². The van der Waals surface area contributed by atoms with E-state index < -0.39 is 0 Å². The predicted molar refractivity (Wildman–Crippen MR) is 259 cm³/mol. The van der Waals surface area contributed by atoms with Crippen LogP contribution in [0.25, 0.3) is 106 Å². The van der Waals surface area contributed by atoms with Gasteiger partial charge in [-0.25, -0.2) is 19.9 Å². The van der Waals surface area contributed by atoms with Gasteiger partial charge in [-0.3, -0.25) is 0 Å². The van der Waals surface area contributed by atoms with E-state index >= 15 is 0 Å². The van der Waals surface area contributed by atoms with Crippen LogP contribution in [0.3, 0.4) is 0 Å². The summed E-state index contributed by atoms with van der Waals surface area (Å²) < 4.78 is 2.25. The second-order valence-corrected chi connectivity index (χ2v) is 15.7. The number of fused-ring (bicyclic) bond motifs is 3. The summed E-state index contributed by atoms with van der Waals surface area (Å²) in [5.41, 5.74) is 13.1. The highest BCUT2D eigenvalue weighted by molar-refractivity contribution is 6.11. The van der Waals surface area contributed by atoms with Crippen molar-refractivity contribution in [1.82, 2.24) is 24.5 Å². The van der Waals surface area contributed by atoms with Gasteiger partial charge in [-0.05, 0) is 53.6 Å². The highest BCUT2D eigenvalue weighted by Gasteiger charge is 2.25. The van der Waals surface area contributed by atoms with Crippen LogP contribution in [-0.2, 0) is 0 Å². The molecule has 0 unspecified atom stereocenters. The molecule has 3 aromatic heterocycles. The summed E-state index contributed by atoms with van der Waals surface area (Å²) in [4.78, 5) is 21.2. The molecule has 0 fully saturated rings.